The van der Waals surface area contributed by atoms with E-state index in [1.807, 2.05) is 48.5 Å². The first-order chi connectivity index (χ1) is 15.0. The molecule has 0 unspecified atom stereocenters. The number of halogens is 1. The topological polar surface area (TPSA) is 52.7 Å². The van der Waals surface area contributed by atoms with Gasteiger partial charge in [0.1, 0.15) is 0 Å². The number of carbonyl (C=O) groups excluding carboxylic acids is 2. The van der Waals surface area contributed by atoms with Crippen molar-refractivity contribution in [3.63, 3.8) is 0 Å². The minimum atomic E-state index is -0.228. The smallest absolute Gasteiger partial charge is 0.265 e. The van der Waals surface area contributed by atoms with Crippen LogP contribution in [-0.4, -0.2) is 42.9 Å². The van der Waals surface area contributed by atoms with Gasteiger partial charge in [0.2, 0.25) is 5.91 Å². The summed E-state index contributed by atoms with van der Waals surface area (Å²) in [7, 11) is 2.13. The standard InChI is InChI=1S/C24H26ClN3O2S/c1-27-14-6-8-18(27)12-13-26-23(29)15-22-24(30)28(16-17-7-2-3-9-19(17)25)20-10-4-5-11-21(20)31-22/h2-5,7,9-11,15,18H,6,8,12-14,16H2,1H3,(H,26,29)/b22-15+/t18-/m0/s1. The monoisotopic (exact) mass is 455 g/mol. The molecule has 2 aliphatic heterocycles. The Balaban J connectivity index is 1.48. The third-order valence-corrected chi connectivity index (χ3v) is 7.27. The second kappa shape index (κ2) is 9.90. The van der Waals surface area contributed by atoms with E-state index in [4.69, 9.17) is 11.6 Å². The van der Waals surface area contributed by atoms with Crippen LogP contribution >= 0.6 is 23.4 Å². The van der Waals surface area contributed by atoms with Crippen molar-refractivity contribution in [2.75, 3.05) is 25.0 Å². The van der Waals surface area contributed by atoms with Gasteiger partial charge >= 0.3 is 0 Å². The Morgan fingerprint density at radius 1 is 1.23 bits per heavy atom. The summed E-state index contributed by atoms with van der Waals surface area (Å²) in [6.07, 6.45) is 4.75. The molecule has 0 aliphatic carbocycles. The van der Waals surface area contributed by atoms with Crippen molar-refractivity contribution in [3.8, 4) is 0 Å². The fraction of sp³-hybridized carbons (Fsp3) is 0.333. The number of nitrogens with one attached hydrogen (secondary N) is 1. The molecule has 1 fully saturated rings. The van der Waals surface area contributed by atoms with Gasteiger partial charge in [0, 0.05) is 28.6 Å². The molecule has 1 saturated heterocycles. The van der Waals surface area contributed by atoms with Crippen molar-refractivity contribution in [3.05, 3.63) is 70.1 Å². The molecule has 0 radical (unpaired) electrons. The second-order valence-corrected chi connectivity index (χ2v) is 9.41. The summed E-state index contributed by atoms with van der Waals surface area (Å²) in [4.78, 5) is 31.2. The van der Waals surface area contributed by atoms with Crippen LogP contribution in [0.4, 0.5) is 5.69 Å². The molecule has 2 aliphatic rings. The lowest BCUT2D eigenvalue weighted by molar-refractivity contribution is -0.118. The van der Waals surface area contributed by atoms with Crippen LogP contribution in [0.2, 0.25) is 5.02 Å². The number of fused-ring (bicyclic) bond motifs is 1. The van der Waals surface area contributed by atoms with E-state index in [-0.39, 0.29) is 11.8 Å². The van der Waals surface area contributed by atoms with Gasteiger partial charge in [-0.25, -0.2) is 0 Å². The third kappa shape index (κ3) is 5.14. The maximum Gasteiger partial charge on any atom is 0.265 e. The molecule has 2 aromatic carbocycles. The summed E-state index contributed by atoms with van der Waals surface area (Å²) in [5.74, 6) is -0.414. The molecule has 2 aromatic rings. The van der Waals surface area contributed by atoms with Gasteiger partial charge in [0.05, 0.1) is 17.1 Å². The molecule has 7 heteroatoms. The fourth-order valence-corrected chi connectivity index (χ4v) is 5.32. The number of anilines is 1. The van der Waals surface area contributed by atoms with E-state index in [1.54, 1.807) is 4.90 Å². The van der Waals surface area contributed by atoms with Crippen LogP contribution in [0, 0.1) is 0 Å². The summed E-state index contributed by atoms with van der Waals surface area (Å²) in [5, 5.41) is 3.57. The van der Waals surface area contributed by atoms with E-state index in [1.165, 1.54) is 30.7 Å². The zero-order chi connectivity index (χ0) is 21.8. The summed E-state index contributed by atoms with van der Waals surface area (Å²) in [5.41, 5.74) is 1.70. The van der Waals surface area contributed by atoms with Gasteiger partial charge in [-0.1, -0.05) is 53.7 Å². The van der Waals surface area contributed by atoms with Gasteiger partial charge in [-0.2, -0.15) is 0 Å². The first-order valence-corrected chi connectivity index (χ1v) is 11.7. The van der Waals surface area contributed by atoms with E-state index < -0.39 is 0 Å². The van der Waals surface area contributed by atoms with Gasteiger partial charge in [0.15, 0.2) is 0 Å². The number of likely N-dealkylation sites (tertiary alicyclic amines) is 1. The van der Waals surface area contributed by atoms with Crippen LogP contribution < -0.4 is 10.2 Å². The Morgan fingerprint density at radius 2 is 2.00 bits per heavy atom. The Labute approximate surface area is 192 Å². The number of hydrogen-bond acceptors (Lipinski definition) is 4. The minimum absolute atomic E-state index is 0.186. The molecule has 5 nitrogen and oxygen atoms in total. The Bertz CT molecular complexity index is 1010. The molecular weight excluding hydrogens is 430 g/mol. The highest BCUT2D eigenvalue weighted by molar-refractivity contribution is 8.04. The summed E-state index contributed by atoms with van der Waals surface area (Å²) in [6.45, 7) is 2.08. The molecule has 0 aromatic heterocycles. The SMILES string of the molecule is CN1CCC[C@H]1CCNC(=O)/C=C1/Sc2ccccc2N(Cc2ccccc2Cl)C1=O. The lowest BCUT2D eigenvalue weighted by Crippen LogP contribution is -2.35. The minimum Gasteiger partial charge on any atom is -0.352 e. The van der Waals surface area contributed by atoms with Crippen molar-refractivity contribution in [2.45, 2.75) is 36.7 Å². The zero-order valence-electron chi connectivity index (χ0n) is 17.5. The lowest BCUT2D eigenvalue weighted by atomic mass is 10.1. The van der Waals surface area contributed by atoms with E-state index in [0.717, 1.165) is 29.1 Å². The number of hydrogen-bond donors (Lipinski definition) is 1. The second-order valence-electron chi connectivity index (χ2n) is 7.92. The Kier molecular flexibility index (Phi) is 7.00. The molecule has 162 valence electrons. The molecule has 4 rings (SSSR count). The van der Waals surface area contributed by atoms with Gasteiger partial charge < -0.3 is 15.1 Å². The molecule has 1 N–H and O–H groups in total. The van der Waals surface area contributed by atoms with Crippen molar-refractivity contribution in [1.82, 2.24) is 10.2 Å². The Hall–Kier alpha value is -2.28. The number of para-hydroxylation sites is 1. The average molecular weight is 456 g/mol. The Morgan fingerprint density at radius 3 is 2.77 bits per heavy atom. The maximum atomic E-state index is 13.3. The van der Waals surface area contributed by atoms with Crippen LogP contribution in [0.3, 0.4) is 0 Å². The number of carbonyl (C=O) groups is 2. The number of benzene rings is 2. The van der Waals surface area contributed by atoms with E-state index in [2.05, 4.69) is 17.3 Å². The molecule has 2 heterocycles. The van der Waals surface area contributed by atoms with Gasteiger partial charge in [-0.15, -0.1) is 0 Å². The van der Waals surface area contributed by atoms with Crippen molar-refractivity contribution in [1.29, 1.82) is 0 Å². The average Bonchev–Trinajstić information content (AvgIpc) is 3.17. The molecule has 0 saturated carbocycles. The first-order valence-electron chi connectivity index (χ1n) is 10.5. The van der Waals surface area contributed by atoms with Crippen LogP contribution in [0.5, 0.6) is 0 Å². The fourth-order valence-electron chi connectivity index (χ4n) is 4.09. The van der Waals surface area contributed by atoms with Crippen molar-refractivity contribution in [2.24, 2.45) is 0 Å². The predicted molar refractivity (Wildman–Crippen MR) is 126 cm³/mol. The largest absolute Gasteiger partial charge is 0.352 e. The molecule has 1 atom stereocenters. The normalized spacial score (nSPS) is 20.2. The molecular formula is C24H26ClN3O2S. The molecule has 2 amide bonds. The van der Waals surface area contributed by atoms with Crippen molar-refractivity contribution < 1.29 is 9.59 Å². The molecule has 0 spiro atoms. The number of amides is 2. The molecule has 31 heavy (non-hydrogen) atoms. The number of nitrogens with zero attached hydrogens (tertiary/aromatic N) is 2. The van der Waals surface area contributed by atoms with Crippen molar-refractivity contribution >= 4 is 40.9 Å². The van der Waals surface area contributed by atoms with Crippen LogP contribution in [0.1, 0.15) is 24.8 Å². The highest BCUT2D eigenvalue weighted by Gasteiger charge is 2.30. The predicted octanol–water partition coefficient (Wildman–Crippen LogP) is 4.46. The maximum absolute atomic E-state index is 13.3. The summed E-state index contributed by atoms with van der Waals surface area (Å²) < 4.78 is 0. The number of rotatable bonds is 6. The first kappa shape index (κ1) is 21.9. The van der Waals surface area contributed by atoms with E-state index in [0.29, 0.717) is 29.1 Å². The zero-order valence-corrected chi connectivity index (χ0v) is 19.1. The third-order valence-electron chi connectivity index (χ3n) is 5.83. The van der Waals surface area contributed by atoms with Gasteiger partial charge in [-0.05, 0) is 56.6 Å². The summed E-state index contributed by atoms with van der Waals surface area (Å²) in [6, 6.07) is 15.8. The van der Waals surface area contributed by atoms with E-state index >= 15 is 0 Å². The van der Waals surface area contributed by atoms with Gasteiger partial charge in [-0.3, -0.25) is 9.59 Å². The van der Waals surface area contributed by atoms with Crippen LogP contribution in [0.25, 0.3) is 0 Å². The van der Waals surface area contributed by atoms with Gasteiger partial charge in [0.25, 0.3) is 5.91 Å². The number of thioether (sulfide) groups is 1. The highest BCUT2D eigenvalue weighted by Crippen LogP contribution is 2.42. The highest BCUT2D eigenvalue weighted by atomic mass is 35.5. The quantitative estimate of drug-likeness (QED) is 0.653. The van der Waals surface area contributed by atoms with Crippen LogP contribution in [0.15, 0.2) is 64.4 Å². The molecule has 0 bridgehead atoms. The lowest BCUT2D eigenvalue weighted by Gasteiger charge is -2.30. The summed E-state index contributed by atoms with van der Waals surface area (Å²) >= 11 is 7.67. The van der Waals surface area contributed by atoms with Crippen LogP contribution in [-0.2, 0) is 16.1 Å². The van der Waals surface area contributed by atoms with E-state index in [9.17, 15) is 9.59 Å².